The van der Waals surface area contributed by atoms with Crippen molar-refractivity contribution in [2.75, 3.05) is 0 Å². The maximum atomic E-state index is 4.73. The van der Waals surface area contributed by atoms with E-state index >= 15 is 0 Å². The smallest absolute Gasteiger partial charge is 0.194 e. The summed E-state index contributed by atoms with van der Waals surface area (Å²) in [5, 5.41) is 2.18. The fourth-order valence-corrected chi connectivity index (χ4v) is 2.96. The largest absolute Gasteiger partial charge is 0.290 e. The van der Waals surface area contributed by atoms with Gasteiger partial charge in [-0.3, -0.25) is 4.40 Å². The average molecular weight is 270 g/mol. The van der Waals surface area contributed by atoms with Crippen molar-refractivity contribution in [1.82, 2.24) is 9.38 Å². The highest BCUT2D eigenvalue weighted by Gasteiger charge is 2.19. The normalized spacial score (nSPS) is 12.2. The number of hydrogen-bond acceptors (Lipinski definition) is 2. The highest BCUT2D eigenvalue weighted by molar-refractivity contribution is 7.15. The van der Waals surface area contributed by atoms with E-state index in [9.17, 15) is 0 Å². The molecule has 0 aliphatic carbocycles. The molecule has 3 rings (SSSR count). The standard InChI is InChI=1S/C16H18N2S/c1-11-5-7-12(8-6-11)13-10-19-15-17-14(9-18(13)15)16(2,3)4/h5-10H,1-4H3. The Labute approximate surface area is 117 Å². The van der Waals surface area contributed by atoms with Crippen LogP contribution in [0.1, 0.15) is 32.0 Å². The van der Waals surface area contributed by atoms with E-state index < -0.39 is 0 Å². The summed E-state index contributed by atoms with van der Waals surface area (Å²) in [6.07, 6.45) is 2.17. The first-order valence-electron chi connectivity index (χ1n) is 6.49. The molecule has 0 bridgehead atoms. The van der Waals surface area contributed by atoms with E-state index in [-0.39, 0.29) is 5.41 Å². The first kappa shape index (κ1) is 12.4. The molecule has 0 fully saturated rings. The first-order valence-corrected chi connectivity index (χ1v) is 7.37. The fourth-order valence-electron chi connectivity index (χ4n) is 2.08. The minimum atomic E-state index is 0.0935. The summed E-state index contributed by atoms with van der Waals surface area (Å²) in [4.78, 5) is 5.80. The molecule has 0 saturated carbocycles. The van der Waals surface area contributed by atoms with Crippen molar-refractivity contribution in [1.29, 1.82) is 0 Å². The Bertz CT molecular complexity index is 711. The second-order valence-electron chi connectivity index (χ2n) is 6.02. The topological polar surface area (TPSA) is 17.3 Å². The molecule has 0 radical (unpaired) electrons. The second kappa shape index (κ2) is 4.20. The second-order valence-corrected chi connectivity index (χ2v) is 6.85. The monoisotopic (exact) mass is 270 g/mol. The lowest BCUT2D eigenvalue weighted by atomic mass is 9.93. The number of benzene rings is 1. The third-order valence-corrected chi connectivity index (χ3v) is 4.16. The molecule has 0 unspecified atom stereocenters. The Morgan fingerprint density at radius 3 is 2.42 bits per heavy atom. The lowest BCUT2D eigenvalue weighted by molar-refractivity contribution is 0.573. The molecule has 0 spiro atoms. The number of imidazole rings is 1. The van der Waals surface area contributed by atoms with Crippen molar-refractivity contribution in [3.05, 3.63) is 47.1 Å². The van der Waals surface area contributed by atoms with Gasteiger partial charge in [0, 0.05) is 17.0 Å². The SMILES string of the molecule is Cc1ccc(-c2csc3nc(C(C)(C)C)cn23)cc1. The predicted molar refractivity (Wildman–Crippen MR) is 81.9 cm³/mol. The van der Waals surface area contributed by atoms with Gasteiger partial charge in [-0.05, 0) is 12.5 Å². The number of rotatable bonds is 1. The van der Waals surface area contributed by atoms with Crippen molar-refractivity contribution >= 4 is 16.3 Å². The molecule has 0 aliphatic rings. The lowest BCUT2D eigenvalue weighted by Gasteiger charge is -2.13. The van der Waals surface area contributed by atoms with Crippen LogP contribution in [0, 0.1) is 6.92 Å². The quantitative estimate of drug-likeness (QED) is 0.628. The molecule has 0 atom stereocenters. The zero-order chi connectivity index (χ0) is 13.6. The van der Waals surface area contributed by atoms with E-state index in [1.165, 1.54) is 16.8 Å². The first-order chi connectivity index (χ1) is 8.95. The van der Waals surface area contributed by atoms with Gasteiger partial charge < -0.3 is 0 Å². The number of hydrogen-bond donors (Lipinski definition) is 0. The van der Waals surface area contributed by atoms with Crippen LogP contribution >= 0.6 is 11.3 Å². The van der Waals surface area contributed by atoms with Crippen LogP contribution in [-0.2, 0) is 5.41 Å². The molecule has 98 valence electrons. The van der Waals surface area contributed by atoms with Crippen LogP contribution in [0.15, 0.2) is 35.8 Å². The molecule has 3 aromatic rings. The van der Waals surface area contributed by atoms with Gasteiger partial charge >= 0.3 is 0 Å². The van der Waals surface area contributed by atoms with Crippen molar-refractivity contribution in [2.24, 2.45) is 0 Å². The van der Waals surface area contributed by atoms with Crippen LogP contribution in [-0.4, -0.2) is 9.38 Å². The zero-order valence-corrected chi connectivity index (χ0v) is 12.6. The third-order valence-electron chi connectivity index (χ3n) is 3.32. The molecule has 0 N–H and O–H groups in total. The molecule has 19 heavy (non-hydrogen) atoms. The van der Waals surface area contributed by atoms with Gasteiger partial charge in [-0.15, -0.1) is 11.3 Å². The highest BCUT2D eigenvalue weighted by atomic mass is 32.1. The number of aromatic nitrogens is 2. The fraction of sp³-hybridized carbons (Fsp3) is 0.312. The van der Waals surface area contributed by atoms with Gasteiger partial charge in [0.25, 0.3) is 0 Å². The predicted octanol–water partition coefficient (Wildman–Crippen LogP) is 4.67. The molecule has 0 saturated heterocycles. The van der Waals surface area contributed by atoms with Gasteiger partial charge in [0.2, 0.25) is 0 Å². The number of nitrogens with zero attached hydrogens (tertiary/aromatic N) is 2. The minimum absolute atomic E-state index is 0.0935. The van der Waals surface area contributed by atoms with E-state index in [0.717, 1.165) is 10.7 Å². The van der Waals surface area contributed by atoms with Crippen molar-refractivity contribution < 1.29 is 0 Å². The number of aryl methyl sites for hydroxylation is 1. The van der Waals surface area contributed by atoms with E-state index in [1.54, 1.807) is 11.3 Å². The van der Waals surface area contributed by atoms with Gasteiger partial charge in [-0.2, -0.15) is 0 Å². The Balaban J connectivity index is 2.14. The Morgan fingerprint density at radius 2 is 1.79 bits per heavy atom. The van der Waals surface area contributed by atoms with Crippen LogP contribution < -0.4 is 0 Å². The number of fused-ring (bicyclic) bond motifs is 1. The molecule has 2 aromatic heterocycles. The minimum Gasteiger partial charge on any atom is -0.290 e. The van der Waals surface area contributed by atoms with Crippen molar-refractivity contribution in [3.63, 3.8) is 0 Å². The number of thiazole rings is 1. The Hall–Kier alpha value is -1.61. The van der Waals surface area contributed by atoms with Crippen LogP contribution in [0.5, 0.6) is 0 Å². The molecular weight excluding hydrogens is 252 g/mol. The Kier molecular flexibility index (Phi) is 2.75. The summed E-state index contributed by atoms with van der Waals surface area (Å²) >= 11 is 1.70. The summed E-state index contributed by atoms with van der Waals surface area (Å²) in [5.41, 5.74) is 5.00. The summed E-state index contributed by atoms with van der Waals surface area (Å²) in [6.45, 7) is 8.71. The summed E-state index contributed by atoms with van der Waals surface area (Å²) in [6, 6.07) is 8.65. The molecule has 2 nitrogen and oxygen atoms in total. The van der Waals surface area contributed by atoms with Crippen LogP contribution in [0.4, 0.5) is 0 Å². The maximum Gasteiger partial charge on any atom is 0.194 e. The van der Waals surface area contributed by atoms with Gasteiger partial charge in [0.15, 0.2) is 4.96 Å². The lowest BCUT2D eigenvalue weighted by Crippen LogP contribution is -2.11. The van der Waals surface area contributed by atoms with E-state index in [0.29, 0.717) is 0 Å². The van der Waals surface area contributed by atoms with Crippen LogP contribution in [0.3, 0.4) is 0 Å². The van der Waals surface area contributed by atoms with Crippen LogP contribution in [0.25, 0.3) is 16.2 Å². The van der Waals surface area contributed by atoms with E-state index in [1.807, 2.05) is 0 Å². The molecule has 3 heteroatoms. The van der Waals surface area contributed by atoms with Gasteiger partial charge in [-0.1, -0.05) is 50.6 Å². The molecule has 0 amide bonds. The maximum absolute atomic E-state index is 4.73. The molecule has 0 aliphatic heterocycles. The third kappa shape index (κ3) is 2.19. The zero-order valence-electron chi connectivity index (χ0n) is 11.8. The van der Waals surface area contributed by atoms with Gasteiger partial charge in [-0.25, -0.2) is 4.98 Å². The molecular formula is C16H18N2S. The average Bonchev–Trinajstić information content (AvgIpc) is 2.89. The summed E-state index contributed by atoms with van der Waals surface area (Å²) < 4.78 is 2.20. The van der Waals surface area contributed by atoms with E-state index in [4.69, 9.17) is 4.98 Å². The highest BCUT2D eigenvalue weighted by Crippen LogP contribution is 2.29. The van der Waals surface area contributed by atoms with Crippen molar-refractivity contribution in [2.45, 2.75) is 33.1 Å². The Morgan fingerprint density at radius 1 is 1.11 bits per heavy atom. The van der Waals surface area contributed by atoms with E-state index in [2.05, 4.69) is 67.9 Å². The van der Waals surface area contributed by atoms with Crippen molar-refractivity contribution in [3.8, 4) is 11.3 Å². The summed E-state index contributed by atoms with van der Waals surface area (Å²) in [7, 11) is 0. The van der Waals surface area contributed by atoms with Gasteiger partial charge in [0.1, 0.15) is 0 Å². The summed E-state index contributed by atoms with van der Waals surface area (Å²) in [5.74, 6) is 0. The molecule has 1 aromatic carbocycles. The molecule has 2 heterocycles. The van der Waals surface area contributed by atoms with Gasteiger partial charge in [0.05, 0.1) is 11.4 Å². The van der Waals surface area contributed by atoms with Crippen LogP contribution in [0.2, 0.25) is 0 Å².